The third-order valence-corrected chi connectivity index (χ3v) is 10.2. The second-order valence-corrected chi connectivity index (χ2v) is 12.7. The monoisotopic (exact) mass is 602 g/mol. The first-order valence-electron chi connectivity index (χ1n) is 14.3. The number of carbonyl (C=O) groups is 4. The van der Waals surface area contributed by atoms with Crippen molar-refractivity contribution >= 4 is 23.7 Å². The van der Waals surface area contributed by atoms with E-state index in [1.807, 2.05) is 0 Å². The molecule has 1 aromatic carbocycles. The number of fused-ring (bicyclic) bond motifs is 5. The molecule has 43 heavy (non-hydrogen) atoms. The molecule has 1 aliphatic heterocycles. The summed E-state index contributed by atoms with van der Waals surface area (Å²) in [5.74, 6) is -5.09. The molecule has 6 unspecified atom stereocenters. The summed E-state index contributed by atoms with van der Waals surface area (Å²) in [7, 11) is 0. The maximum absolute atomic E-state index is 14.9. The number of hydrogen-bond donors (Lipinski definition) is 4. The Labute approximate surface area is 248 Å². The van der Waals surface area contributed by atoms with E-state index in [2.05, 4.69) is 0 Å². The summed E-state index contributed by atoms with van der Waals surface area (Å²) in [5.41, 5.74) is -7.37. The minimum Gasteiger partial charge on any atom is -0.455 e. The number of ketones is 1. The molecule has 12 nitrogen and oxygen atoms in total. The Morgan fingerprint density at radius 1 is 1.05 bits per heavy atom. The standard InChI is InChI=1S/C31H38O12/c1-15-19(35)12-31(39)26(42-27(38)18-9-7-6-8-10-18)24-29(13-32,20(36)11-21-30(24,14-40-21)43-17(3)34)25(37)23(41-16(2)33)22(15)28(31,4)5/h6-10,19-21,23-24,26,32,35-36,39H,11-14H2,1-5H3/t19?,20?,21?,23?,24?,26?,29-,30+,31-/m1/s1. The van der Waals surface area contributed by atoms with Crippen LogP contribution in [0.25, 0.3) is 0 Å². The number of hydrogen-bond acceptors (Lipinski definition) is 12. The zero-order chi connectivity index (χ0) is 31.7. The highest BCUT2D eigenvalue weighted by atomic mass is 16.6. The van der Waals surface area contributed by atoms with Crippen LogP contribution < -0.4 is 0 Å². The van der Waals surface area contributed by atoms with E-state index in [1.165, 1.54) is 19.1 Å². The van der Waals surface area contributed by atoms with Crippen molar-refractivity contribution in [1.29, 1.82) is 0 Å². The van der Waals surface area contributed by atoms with Crippen molar-refractivity contribution in [3.63, 3.8) is 0 Å². The summed E-state index contributed by atoms with van der Waals surface area (Å²) in [4.78, 5) is 53.6. The third kappa shape index (κ3) is 4.29. The van der Waals surface area contributed by atoms with Gasteiger partial charge >= 0.3 is 17.9 Å². The van der Waals surface area contributed by atoms with Crippen LogP contribution in [0.15, 0.2) is 41.5 Å². The van der Waals surface area contributed by atoms with Crippen LogP contribution >= 0.6 is 0 Å². The fourth-order valence-corrected chi connectivity index (χ4v) is 8.00. The Morgan fingerprint density at radius 3 is 2.23 bits per heavy atom. The molecule has 3 fully saturated rings. The van der Waals surface area contributed by atoms with E-state index in [0.29, 0.717) is 0 Å². The van der Waals surface area contributed by atoms with Crippen LogP contribution in [0.4, 0.5) is 0 Å². The predicted octanol–water partition coefficient (Wildman–Crippen LogP) is 0.625. The van der Waals surface area contributed by atoms with Crippen molar-refractivity contribution in [1.82, 2.24) is 0 Å². The van der Waals surface area contributed by atoms with Crippen molar-refractivity contribution in [2.45, 2.75) is 89.2 Å². The Morgan fingerprint density at radius 2 is 1.70 bits per heavy atom. The van der Waals surface area contributed by atoms with Gasteiger partial charge in [-0.3, -0.25) is 14.4 Å². The lowest BCUT2D eigenvalue weighted by atomic mass is 9.44. The number of Topliss-reactive ketones (excluding diaryl/α,β-unsaturated/α-hetero) is 1. The van der Waals surface area contributed by atoms with Crippen molar-refractivity contribution in [2.75, 3.05) is 13.2 Å². The van der Waals surface area contributed by atoms with Crippen molar-refractivity contribution in [2.24, 2.45) is 16.7 Å². The molecule has 0 spiro atoms. The zero-order valence-corrected chi connectivity index (χ0v) is 24.7. The summed E-state index contributed by atoms with van der Waals surface area (Å²) in [6.07, 6.45) is -8.21. The summed E-state index contributed by atoms with van der Waals surface area (Å²) >= 11 is 0. The van der Waals surface area contributed by atoms with Crippen molar-refractivity contribution in [3.8, 4) is 0 Å². The number of benzene rings is 1. The number of aliphatic hydroxyl groups excluding tert-OH is 3. The van der Waals surface area contributed by atoms with E-state index < -0.39 is 95.2 Å². The third-order valence-electron chi connectivity index (χ3n) is 10.2. The largest absolute Gasteiger partial charge is 0.455 e. The van der Waals surface area contributed by atoms with E-state index in [-0.39, 0.29) is 29.7 Å². The van der Waals surface area contributed by atoms with Gasteiger partial charge in [-0.15, -0.1) is 0 Å². The number of rotatable bonds is 5. The van der Waals surface area contributed by atoms with Gasteiger partial charge < -0.3 is 39.4 Å². The van der Waals surface area contributed by atoms with Gasteiger partial charge in [-0.2, -0.15) is 0 Å². The number of esters is 3. The maximum Gasteiger partial charge on any atom is 0.338 e. The minimum absolute atomic E-state index is 0.0571. The average molecular weight is 603 g/mol. The van der Waals surface area contributed by atoms with Crippen molar-refractivity contribution < 1.29 is 58.6 Å². The topological polar surface area (TPSA) is 186 Å². The van der Waals surface area contributed by atoms with Crippen molar-refractivity contribution in [3.05, 3.63) is 47.0 Å². The van der Waals surface area contributed by atoms with Crippen LogP contribution in [0.3, 0.4) is 0 Å². The molecule has 0 amide bonds. The highest BCUT2D eigenvalue weighted by Gasteiger charge is 2.79. The molecule has 0 aromatic heterocycles. The summed E-state index contributed by atoms with van der Waals surface area (Å²) in [6, 6.07) is 7.87. The van der Waals surface area contributed by atoms with E-state index in [9.17, 15) is 39.6 Å². The van der Waals surface area contributed by atoms with E-state index in [1.54, 1.807) is 32.0 Å². The lowest BCUT2D eigenvalue weighted by Crippen LogP contribution is -2.83. The number of aliphatic hydroxyl groups is 4. The summed E-state index contributed by atoms with van der Waals surface area (Å²) in [5, 5.41) is 47.0. The average Bonchev–Trinajstić information content (AvgIpc) is 2.93. The minimum atomic E-state index is -2.28. The van der Waals surface area contributed by atoms with Gasteiger partial charge in [-0.25, -0.2) is 4.79 Å². The van der Waals surface area contributed by atoms with E-state index in [0.717, 1.165) is 13.8 Å². The fraction of sp³-hybridized carbons (Fsp3) is 0.613. The summed E-state index contributed by atoms with van der Waals surface area (Å²) < 4.78 is 23.3. The van der Waals surface area contributed by atoms with Gasteiger partial charge in [0, 0.05) is 32.1 Å². The van der Waals surface area contributed by atoms with Gasteiger partial charge in [0.1, 0.15) is 17.8 Å². The van der Waals surface area contributed by atoms with Gasteiger partial charge in [-0.1, -0.05) is 32.0 Å². The molecular weight excluding hydrogens is 564 g/mol. The normalized spacial score (nSPS) is 39.7. The predicted molar refractivity (Wildman–Crippen MR) is 146 cm³/mol. The molecule has 12 heteroatoms. The van der Waals surface area contributed by atoms with Crippen LogP contribution in [0.5, 0.6) is 0 Å². The molecule has 2 bridgehead atoms. The number of ether oxygens (including phenoxy) is 4. The van der Waals surface area contributed by atoms with E-state index >= 15 is 0 Å². The lowest BCUT2D eigenvalue weighted by molar-refractivity contribution is -0.350. The summed E-state index contributed by atoms with van der Waals surface area (Å²) in [6.45, 7) is 5.56. The highest BCUT2D eigenvalue weighted by Crippen LogP contribution is 2.64. The van der Waals surface area contributed by atoms with Gasteiger partial charge in [0.15, 0.2) is 17.5 Å². The smallest absolute Gasteiger partial charge is 0.338 e. The molecule has 234 valence electrons. The quantitative estimate of drug-likeness (QED) is 0.210. The molecule has 5 rings (SSSR count). The molecule has 9 atom stereocenters. The van der Waals surface area contributed by atoms with Gasteiger partial charge in [-0.05, 0) is 30.2 Å². The zero-order valence-electron chi connectivity index (χ0n) is 24.7. The van der Waals surface area contributed by atoms with Gasteiger partial charge in [0.25, 0.3) is 0 Å². The van der Waals surface area contributed by atoms with Crippen LogP contribution in [0.2, 0.25) is 0 Å². The second-order valence-electron chi connectivity index (χ2n) is 12.7. The second kappa shape index (κ2) is 10.5. The lowest BCUT2D eigenvalue weighted by Gasteiger charge is -2.67. The fourth-order valence-electron chi connectivity index (χ4n) is 8.00. The van der Waals surface area contributed by atoms with Crippen LogP contribution in [-0.4, -0.2) is 99.1 Å². The molecule has 2 saturated carbocycles. The first-order valence-corrected chi connectivity index (χ1v) is 14.3. The maximum atomic E-state index is 14.9. The molecule has 3 aliphatic carbocycles. The molecule has 4 N–H and O–H groups in total. The number of carbonyl (C=O) groups excluding carboxylic acids is 4. The molecule has 0 radical (unpaired) electrons. The Kier molecular flexibility index (Phi) is 7.62. The molecule has 4 aliphatic rings. The Hall–Kier alpha value is -3.16. The molecule has 1 saturated heterocycles. The van der Waals surface area contributed by atoms with Gasteiger partial charge in [0.2, 0.25) is 0 Å². The Balaban J connectivity index is 1.87. The first-order chi connectivity index (χ1) is 20.1. The van der Waals surface area contributed by atoms with Crippen LogP contribution in [0, 0.1) is 16.7 Å². The van der Waals surface area contributed by atoms with Gasteiger partial charge in [0.05, 0.1) is 42.3 Å². The first kappa shape index (κ1) is 31.3. The van der Waals surface area contributed by atoms with E-state index in [4.69, 9.17) is 18.9 Å². The SMILES string of the molecule is CC(=O)OC1C(=O)[C@]2(CO)C(O)CC3OC[C@@]3(OC(C)=O)C2C(OC(=O)c2ccccc2)[C@]2(O)CC(O)C(C)=C1C2(C)C. The molecule has 1 heterocycles. The van der Waals surface area contributed by atoms with Crippen LogP contribution in [0.1, 0.15) is 57.8 Å². The molecule has 1 aromatic rings. The van der Waals surface area contributed by atoms with Crippen LogP contribution in [-0.2, 0) is 33.3 Å². The Bertz CT molecular complexity index is 1370. The highest BCUT2D eigenvalue weighted by molar-refractivity contribution is 5.96. The molecular formula is C31H38O12.